The molecule has 1 heterocycles. The molecule has 0 saturated carbocycles. The van der Waals surface area contributed by atoms with Gasteiger partial charge in [0.1, 0.15) is 5.82 Å². The number of hydrogen-bond acceptors (Lipinski definition) is 2. The molecule has 0 bridgehead atoms. The van der Waals surface area contributed by atoms with Gasteiger partial charge in [-0.25, -0.2) is 4.98 Å². The molecule has 0 aliphatic heterocycles. The van der Waals surface area contributed by atoms with Crippen LogP contribution in [0.3, 0.4) is 0 Å². The number of benzene rings is 2. The predicted octanol–water partition coefficient (Wildman–Crippen LogP) is 3.34. The number of fused-ring (bicyclic) bond motifs is 1. The van der Waals surface area contributed by atoms with Gasteiger partial charge in [0.15, 0.2) is 0 Å². The van der Waals surface area contributed by atoms with Gasteiger partial charge in [0.25, 0.3) is 0 Å². The lowest BCUT2D eigenvalue weighted by atomic mass is 9.99. The number of aromatic nitrogens is 2. The maximum Gasteiger partial charge on any atom is 0.109 e. The molecule has 108 valence electrons. The van der Waals surface area contributed by atoms with Crippen molar-refractivity contribution >= 4 is 11.0 Å². The highest BCUT2D eigenvalue weighted by molar-refractivity contribution is 5.75. The average molecular weight is 279 g/mol. The van der Waals surface area contributed by atoms with E-state index in [0.717, 1.165) is 24.3 Å². The second-order valence-electron chi connectivity index (χ2n) is 5.32. The molecular formula is C18H21N3. The van der Waals surface area contributed by atoms with Crippen molar-refractivity contribution < 1.29 is 0 Å². The Bertz CT molecular complexity index is 716. The van der Waals surface area contributed by atoms with Crippen molar-refractivity contribution in [2.24, 2.45) is 5.73 Å². The fourth-order valence-electron chi connectivity index (χ4n) is 2.86. The normalized spacial score (nSPS) is 12.7. The summed E-state index contributed by atoms with van der Waals surface area (Å²) in [5.74, 6) is 1.44. The van der Waals surface area contributed by atoms with E-state index in [9.17, 15) is 0 Å². The Morgan fingerprint density at radius 3 is 2.48 bits per heavy atom. The van der Waals surface area contributed by atoms with Crippen molar-refractivity contribution in [2.75, 3.05) is 6.54 Å². The summed E-state index contributed by atoms with van der Waals surface area (Å²) < 4.78 is 2.32. The molecule has 1 aromatic heterocycles. The molecule has 1 atom stereocenters. The highest BCUT2D eigenvalue weighted by Crippen LogP contribution is 2.22. The van der Waals surface area contributed by atoms with Crippen LogP contribution >= 0.6 is 0 Å². The number of nitrogens with two attached hydrogens (primary N) is 1. The van der Waals surface area contributed by atoms with E-state index in [0.29, 0.717) is 12.5 Å². The van der Waals surface area contributed by atoms with E-state index in [4.69, 9.17) is 10.7 Å². The van der Waals surface area contributed by atoms with Gasteiger partial charge in [0.05, 0.1) is 11.0 Å². The molecule has 21 heavy (non-hydrogen) atoms. The third kappa shape index (κ3) is 2.69. The monoisotopic (exact) mass is 279 g/mol. The Kier molecular flexibility index (Phi) is 4.02. The van der Waals surface area contributed by atoms with E-state index in [2.05, 4.69) is 54.0 Å². The highest BCUT2D eigenvalue weighted by atomic mass is 15.1. The van der Waals surface area contributed by atoms with Crippen molar-refractivity contribution in [1.29, 1.82) is 0 Å². The van der Waals surface area contributed by atoms with Crippen LogP contribution in [0.5, 0.6) is 0 Å². The van der Waals surface area contributed by atoms with Gasteiger partial charge in [-0.05, 0) is 17.7 Å². The number of rotatable bonds is 5. The quantitative estimate of drug-likeness (QED) is 0.778. The van der Waals surface area contributed by atoms with Crippen LogP contribution in [0.15, 0.2) is 54.6 Å². The number of hydrogen-bond donors (Lipinski definition) is 1. The first-order chi connectivity index (χ1) is 10.3. The largest absolute Gasteiger partial charge is 0.330 e. The third-order valence-corrected chi connectivity index (χ3v) is 4.01. The Morgan fingerprint density at radius 1 is 1.05 bits per heavy atom. The van der Waals surface area contributed by atoms with E-state index in [1.807, 2.05) is 12.1 Å². The van der Waals surface area contributed by atoms with Crippen LogP contribution in [0.2, 0.25) is 0 Å². The molecule has 3 heteroatoms. The Morgan fingerprint density at radius 2 is 1.76 bits per heavy atom. The van der Waals surface area contributed by atoms with Gasteiger partial charge in [-0.2, -0.15) is 0 Å². The topological polar surface area (TPSA) is 43.8 Å². The molecule has 3 aromatic rings. The van der Waals surface area contributed by atoms with Gasteiger partial charge in [-0.15, -0.1) is 0 Å². The van der Waals surface area contributed by atoms with Crippen LogP contribution in [-0.2, 0) is 13.0 Å². The van der Waals surface area contributed by atoms with Gasteiger partial charge in [0, 0.05) is 25.4 Å². The molecule has 1 unspecified atom stereocenters. The highest BCUT2D eigenvalue weighted by Gasteiger charge is 2.15. The standard InChI is InChI=1S/C18H21N3/c1-2-18-20-16-10-6-7-11-17(16)21(18)13-15(12-19)14-8-4-3-5-9-14/h3-11,15H,2,12-13,19H2,1H3. The maximum absolute atomic E-state index is 6.02. The van der Waals surface area contributed by atoms with Crippen molar-refractivity contribution in [3.05, 3.63) is 66.0 Å². The average Bonchev–Trinajstić information content (AvgIpc) is 2.91. The lowest BCUT2D eigenvalue weighted by Gasteiger charge is -2.18. The van der Waals surface area contributed by atoms with E-state index in [-0.39, 0.29) is 0 Å². The zero-order valence-electron chi connectivity index (χ0n) is 12.4. The van der Waals surface area contributed by atoms with E-state index in [1.54, 1.807) is 0 Å². The Hall–Kier alpha value is -2.13. The molecule has 2 N–H and O–H groups in total. The molecular weight excluding hydrogens is 258 g/mol. The van der Waals surface area contributed by atoms with Gasteiger partial charge >= 0.3 is 0 Å². The number of nitrogens with zero attached hydrogens (tertiary/aromatic N) is 2. The molecule has 3 rings (SSSR count). The SMILES string of the molecule is CCc1nc2ccccc2n1CC(CN)c1ccccc1. The number of imidazole rings is 1. The molecule has 0 amide bonds. The van der Waals surface area contributed by atoms with Crippen molar-refractivity contribution in [1.82, 2.24) is 9.55 Å². The summed E-state index contributed by atoms with van der Waals surface area (Å²) in [7, 11) is 0. The summed E-state index contributed by atoms with van der Waals surface area (Å²) >= 11 is 0. The summed E-state index contributed by atoms with van der Waals surface area (Å²) in [4.78, 5) is 4.73. The molecule has 0 spiro atoms. The van der Waals surface area contributed by atoms with Crippen LogP contribution in [0.25, 0.3) is 11.0 Å². The Labute approximate surface area is 125 Å². The smallest absolute Gasteiger partial charge is 0.109 e. The maximum atomic E-state index is 6.02. The summed E-state index contributed by atoms with van der Waals surface area (Å²) in [6.07, 6.45) is 0.931. The summed E-state index contributed by atoms with van der Waals surface area (Å²) in [5, 5.41) is 0. The first-order valence-corrected chi connectivity index (χ1v) is 7.52. The zero-order valence-corrected chi connectivity index (χ0v) is 12.4. The predicted molar refractivity (Wildman–Crippen MR) is 87.3 cm³/mol. The van der Waals surface area contributed by atoms with E-state index >= 15 is 0 Å². The van der Waals surface area contributed by atoms with Crippen LogP contribution in [0.4, 0.5) is 0 Å². The first-order valence-electron chi connectivity index (χ1n) is 7.52. The van der Waals surface area contributed by atoms with Crippen molar-refractivity contribution in [2.45, 2.75) is 25.8 Å². The van der Waals surface area contributed by atoms with E-state index in [1.165, 1.54) is 11.1 Å². The fraction of sp³-hybridized carbons (Fsp3) is 0.278. The first kappa shape index (κ1) is 13.8. The number of para-hydroxylation sites is 2. The second-order valence-corrected chi connectivity index (χ2v) is 5.32. The molecule has 0 radical (unpaired) electrons. The molecule has 3 nitrogen and oxygen atoms in total. The fourth-order valence-corrected chi connectivity index (χ4v) is 2.86. The minimum Gasteiger partial charge on any atom is -0.330 e. The molecule has 0 saturated heterocycles. The molecule has 0 aliphatic carbocycles. The summed E-state index contributed by atoms with van der Waals surface area (Å²) in [6.45, 7) is 3.67. The van der Waals surface area contributed by atoms with Crippen LogP contribution in [-0.4, -0.2) is 16.1 Å². The van der Waals surface area contributed by atoms with Gasteiger partial charge < -0.3 is 10.3 Å². The van der Waals surface area contributed by atoms with E-state index < -0.39 is 0 Å². The summed E-state index contributed by atoms with van der Waals surface area (Å²) in [6, 6.07) is 18.8. The van der Waals surface area contributed by atoms with Gasteiger partial charge in [-0.3, -0.25) is 0 Å². The second kappa shape index (κ2) is 6.10. The van der Waals surface area contributed by atoms with Crippen LogP contribution in [0, 0.1) is 0 Å². The molecule has 0 aliphatic rings. The minimum atomic E-state index is 0.314. The lowest BCUT2D eigenvalue weighted by Crippen LogP contribution is -2.19. The number of aryl methyl sites for hydroxylation is 1. The van der Waals surface area contributed by atoms with Crippen LogP contribution in [0.1, 0.15) is 24.2 Å². The third-order valence-electron chi connectivity index (χ3n) is 4.01. The van der Waals surface area contributed by atoms with Crippen LogP contribution < -0.4 is 5.73 Å². The molecule has 2 aromatic carbocycles. The Balaban J connectivity index is 2.00. The summed E-state index contributed by atoms with van der Waals surface area (Å²) in [5.41, 5.74) is 9.58. The van der Waals surface area contributed by atoms with Gasteiger partial charge in [0.2, 0.25) is 0 Å². The van der Waals surface area contributed by atoms with Crippen molar-refractivity contribution in [3.8, 4) is 0 Å². The van der Waals surface area contributed by atoms with Gasteiger partial charge in [-0.1, -0.05) is 49.4 Å². The van der Waals surface area contributed by atoms with Crippen molar-refractivity contribution in [3.63, 3.8) is 0 Å². The lowest BCUT2D eigenvalue weighted by molar-refractivity contribution is 0.560. The minimum absolute atomic E-state index is 0.314. The zero-order chi connectivity index (χ0) is 14.7. The molecule has 0 fully saturated rings.